The van der Waals surface area contributed by atoms with Crippen LogP contribution in [0.4, 0.5) is 0 Å². The van der Waals surface area contributed by atoms with Gasteiger partial charge in [-0.3, -0.25) is 0 Å². The number of aryl methyl sites for hydroxylation is 2. The molecule has 0 spiro atoms. The van der Waals surface area contributed by atoms with Crippen molar-refractivity contribution in [2.75, 3.05) is 0 Å². The van der Waals surface area contributed by atoms with Crippen molar-refractivity contribution in [3.63, 3.8) is 0 Å². The van der Waals surface area contributed by atoms with Crippen molar-refractivity contribution in [1.29, 1.82) is 0 Å². The Kier molecular flexibility index (Phi) is 8.38. The zero-order valence-electron chi connectivity index (χ0n) is 11.0. The maximum absolute atomic E-state index is 4.93. The minimum Gasteiger partial charge on any atom is -0.214 e. The van der Waals surface area contributed by atoms with Gasteiger partial charge in [0.15, 0.2) is 0 Å². The van der Waals surface area contributed by atoms with Gasteiger partial charge in [-0.2, -0.15) is 30.3 Å². The van der Waals surface area contributed by atoms with Crippen LogP contribution in [0.3, 0.4) is 0 Å². The second-order valence-electron chi connectivity index (χ2n) is 4.09. The minimum absolute atomic E-state index is 0.826. The number of fused-ring (bicyclic) bond motifs is 1. The predicted molar refractivity (Wildman–Crippen MR) is 82.8 cm³/mol. The normalized spacial score (nSPS) is 8.84. The van der Waals surface area contributed by atoms with E-state index in [1.807, 2.05) is 30.3 Å². The van der Waals surface area contributed by atoms with Crippen molar-refractivity contribution >= 4 is 27.8 Å². The Bertz CT molecular complexity index is 550. The molecule has 0 N–H and O–H groups in total. The molecule has 0 aliphatic heterocycles. The van der Waals surface area contributed by atoms with Gasteiger partial charge in [0.1, 0.15) is 0 Å². The van der Waals surface area contributed by atoms with E-state index in [-0.39, 0.29) is 0 Å². The Morgan fingerprint density at radius 2 is 1.68 bits per heavy atom. The van der Waals surface area contributed by atoms with E-state index in [9.17, 15) is 0 Å². The van der Waals surface area contributed by atoms with Gasteiger partial charge in [-0.1, -0.05) is 19.9 Å². The summed E-state index contributed by atoms with van der Waals surface area (Å²) in [7, 11) is 9.87. The number of hydrogen-bond acceptors (Lipinski definition) is 0. The maximum Gasteiger partial charge on any atom is -0.172 e. The fraction of sp³-hybridized carbons (Fsp3) is 0.125. The van der Waals surface area contributed by atoms with E-state index >= 15 is 0 Å². The standard InChI is InChI=1S/C11H11.C5H5.2ClH.Zr/c1-8-4-3-5-10-7-6-9(2)11(8)10;1-2-4-5-3-1;;;/h3-7H,1-2H3;1-5H;2*1H;/q2*-1;;;+4/p-2. The molecular weight excluding hydrogens is 354 g/mol. The Balaban J connectivity index is 0.000000188. The Morgan fingerprint density at radius 1 is 1.05 bits per heavy atom. The smallest absolute Gasteiger partial charge is 0.172 e. The molecule has 0 saturated carbocycles. The molecule has 0 unspecified atom stereocenters. The van der Waals surface area contributed by atoms with Crippen molar-refractivity contribution < 1.29 is 20.8 Å². The zero-order chi connectivity index (χ0) is 14.1. The third-order valence-electron chi connectivity index (χ3n) is 2.77. The first-order valence-electron chi connectivity index (χ1n) is 5.95. The van der Waals surface area contributed by atoms with E-state index < -0.39 is 20.8 Å². The average Bonchev–Trinajstić information content (AvgIpc) is 3.04. The summed E-state index contributed by atoms with van der Waals surface area (Å²) in [6.45, 7) is 4.32. The first-order valence-corrected chi connectivity index (χ1v) is 12.3. The van der Waals surface area contributed by atoms with Gasteiger partial charge in [0, 0.05) is 0 Å². The molecule has 0 aromatic heterocycles. The molecule has 19 heavy (non-hydrogen) atoms. The van der Waals surface area contributed by atoms with Crippen LogP contribution in [0, 0.1) is 13.8 Å². The Morgan fingerprint density at radius 3 is 2.16 bits per heavy atom. The number of hydrogen-bond donors (Lipinski definition) is 0. The van der Waals surface area contributed by atoms with Gasteiger partial charge in [0.05, 0.1) is 0 Å². The van der Waals surface area contributed by atoms with Crippen molar-refractivity contribution in [3.8, 4) is 0 Å². The third kappa shape index (κ3) is 5.65. The molecule has 0 radical (unpaired) electrons. The fourth-order valence-electron chi connectivity index (χ4n) is 1.99. The molecule has 0 nitrogen and oxygen atoms in total. The van der Waals surface area contributed by atoms with Crippen molar-refractivity contribution in [2.45, 2.75) is 13.8 Å². The molecule has 0 bridgehead atoms. The molecule has 0 saturated heterocycles. The number of halogens is 2. The van der Waals surface area contributed by atoms with E-state index in [0.29, 0.717) is 0 Å². The second kappa shape index (κ2) is 9.53. The van der Waals surface area contributed by atoms with Gasteiger partial charge >= 0.3 is 37.9 Å². The van der Waals surface area contributed by atoms with Gasteiger partial charge in [0.25, 0.3) is 0 Å². The molecular formula is C16H16Cl2Zr. The first kappa shape index (κ1) is 16.7. The molecule has 98 valence electrons. The van der Waals surface area contributed by atoms with Gasteiger partial charge in [-0.05, 0) is 0 Å². The SMILES string of the molecule is Cc1cccc2cc[c-](C)c12.[Cl][Zr+2][Cl].c1cc[cH-]c1. The topological polar surface area (TPSA) is 0 Å². The molecule has 0 amide bonds. The summed E-state index contributed by atoms with van der Waals surface area (Å²) in [6.07, 6.45) is 0. The van der Waals surface area contributed by atoms with Crippen LogP contribution in [0.2, 0.25) is 0 Å². The van der Waals surface area contributed by atoms with Crippen LogP contribution in [-0.2, 0) is 20.8 Å². The molecule has 0 atom stereocenters. The van der Waals surface area contributed by atoms with Crippen LogP contribution < -0.4 is 0 Å². The molecule has 3 rings (SSSR count). The van der Waals surface area contributed by atoms with Crippen LogP contribution in [0.5, 0.6) is 0 Å². The molecule has 3 heteroatoms. The summed E-state index contributed by atoms with van der Waals surface area (Å²) in [5.74, 6) is 0. The van der Waals surface area contributed by atoms with Crippen LogP contribution >= 0.6 is 17.0 Å². The van der Waals surface area contributed by atoms with E-state index in [4.69, 9.17) is 17.0 Å². The first-order chi connectivity index (χ1) is 9.20. The summed E-state index contributed by atoms with van der Waals surface area (Å²) in [5, 5.41) is 2.79. The van der Waals surface area contributed by atoms with Crippen molar-refractivity contribution in [2.24, 2.45) is 0 Å². The van der Waals surface area contributed by atoms with Crippen LogP contribution in [-0.4, -0.2) is 0 Å². The van der Waals surface area contributed by atoms with Gasteiger partial charge in [-0.15, -0.1) is 34.0 Å². The molecule has 0 heterocycles. The molecule has 3 aromatic carbocycles. The summed E-state index contributed by atoms with van der Waals surface area (Å²) in [5.41, 5.74) is 2.77. The Hall–Kier alpha value is -0.357. The third-order valence-corrected chi connectivity index (χ3v) is 2.77. The van der Waals surface area contributed by atoms with Gasteiger partial charge in [0.2, 0.25) is 0 Å². The largest absolute Gasteiger partial charge is 0.214 e. The number of benzene rings is 1. The average molecular weight is 370 g/mol. The van der Waals surface area contributed by atoms with Crippen molar-refractivity contribution in [1.82, 2.24) is 0 Å². The Labute approximate surface area is 133 Å². The summed E-state index contributed by atoms with van der Waals surface area (Å²) in [6, 6.07) is 20.8. The molecule has 0 aliphatic carbocycles. The van der Waals surface area contributed by atoms with Crippen molar-refractivity contribution in [3.05, 3.63) is 71.8 Å². The molecule has 0 aliphatic rings. The maximum atomic E-state index is 4.93. The van der Waals surface area contributed by atoms with Crippen LogP contribution in [0.1, 0.15) is 11.1 Å². The van der Waals surface area contributed by atoms with E-state index in [1.54, 1.807) is 0 Å². The minimum atomic E-state index is -0.826. The van der Waals surface area contributed by atoms with Gasteiger partial charge < -0.3 is 0 Å². The fourth-order valence-corrected chi connectivity index (χ4v) is 1.99. The van der Waals surface area contributed by atoms with Crippen LogP contribution in [0.25, 0.3) is 10.8 Å². The van der Waals surface area contributed by atoms with E-state index in [2.05, 4.69) is 44.2 Å². The summed E-state index contributed by atoms with van der Waals surface area (Å²) >= 11 is -0.826. The predicted octanol–water partition coefficient (Wildman–Crippen LogP) is 5.96. The summed E-state index contributed by atoms with van der Waals surface area (Å²) < 4.78 is 0. The van der Waals surface area contributed by atoms with Crippen LogP contribution in [0.15, 0.2) is 60.7 Å². The zero-order valence-corrected chi connectivity index (χ0v) is 15.0. The molecule has 3 aromatic rings. The number of rotatable bonds is 0. The quantitative estimate of drug-likeness (QED) is 0.429. The van der Waals surface area contributed by atoms with Gasteiger partial charge in [-0.25, -0.2) is 12.1 Å². The summed E-state index contributed by atoms with van der Waals surface area (Å²) in [4.78, 5) is 0. The molecule has 0 fully saturated rings. The van der Waals surface area contributed by atoms with E-state index in [0.717, 1.165) is 0 Å². The second-order valence-corrected chi connectivity index (χ2v) is 7.82. The monoisotopic (exact) mass is 368 g/mol. The van der Waals surface area contributed by atoms with E-state index in [1.165, 1.54) is 21.9 Å².